The lowest BCUT2D eigenvalue weighted by molar-refractivity contribution is 0.0901. The third kappa shape index (κ3) is 4.49. The smallest absolute Gasteiger partial charge is 0.262 e. The van der Waals surface area contributed by atoms with Crippen LogP contribution in [0.25, 0.3) is 0 Å². The molecule has 1 amide bonds. The number of rotatable bonds is 5. The monoisotopic (exact) mass is 371 g/mol. The topological polar surface area (TPSA) is 63.2 Å². The molecule has 1 rings (SSSR count). The van der Waals surface area contributed by atoms with Crippen molar-refractivity contribution >= 4 is 48.8 Å². The number of amides is 1. The van der Waals surface area contributed by atoms with Crippen LogP contribution in [0.1, 0.15) is 44.0 Å². The van der Waals surface area contributed by atoms with E-state index in [-0.39, 0.29) is 20.5 Å². The van der Waals surface area contributed by atoms with Gasteiger partial charge in [-0.2, -0.15) is 0 Å². The van der Waals surface area contributed by atoms with Crippen LogP contribution in [0.4, 0.5) is 0 Å². The Kier molecular flexibility index (Phi) is 5.95. The summed E-state index contributed by atoms with van der Waals surface area (Å²) in [6, 6.07) is 2.29. The Morgan fingerprint density at radius 2 is 1.71 bits per heavy atom. The van der Waals surface area contributed by atoms with Crippen molar-refractivity contribution in [3.05, 3.63) is 27.7 Å². The summed E-state index contributed by atoms with van der Waals surface area (Å²) in [4.78, 5) is 12.0. The van der Waals surface area contributed by atoms with Gasteiger partial charge in [-0.3, -0.25) is 4.79 Å². The van der Waals surface area contributed by atoms with E-state index in [2.05, 4.69) is 5.32 Å². The maximum absolute atomic E-state index is 12.3. The quantitative estimate of drug-likeness (QED) is 0.787. The maximum atomic E-state index is 12.3. The van der Waals surface area contributed by atoms with Gasteiger partial charge >= 0.3 is 0 Å². The third-order valence-electron chi connectivity index (χ3n) is 3.50. The van der Waals surface area contributed by atoms with Crippen molar-refractivity contribution in [1.82, 2.24) is 5.32 Å². The van der Waals surface area contributed by atoms with Gasteiger partial charge in [0.2, 0.25) is 0 Å². The molecule has 0 spiro atoms. The molecule has 4 nitrogen and oxygen atoms in total. The van der Waals surface area contributed by atoms with Gasteiger partial charge in [0.1, 0.15) is 4.90 Å². The number of benzene rings is 1. The van der Waals surface area contributed by atoms with Crippen LogP contribution in [0.3, 0.4) is 0 Å². The van der Waals surface area contributed by atoms with Crippen LogP contribution in [-0.4, -0.2) is 19.9 Å². The van der Waals surface area contributed by atoms with Gasteiger partial charge in [-0.05, 0) is 31.9 Å². The lowest BCUT2D eigenvalue weighted by Gasteiger charge is -2.28. The fourth-order valence-corrected chi connectivity index (χ4v) is 3.48. The Bertz CT molecular complexity index is 655. The molecule has 0 unspecified atom stereocenters. The molecule has 0 saturated carbocycles. The van der Waals surface area contributed by atoms with E-state index in [9.17, 15) is 13.2 Å². The Morgan fingerprint density at radius 3 is 2.14 bits per heavy atom. The number of carbonyl (C=O) groups excluding carboxylic acids is 1. The molecule has 0 atom stereocenters. The Balaban J connectivity index is 3.28. The first-order valence-electron chi connectivity index (χ1n) is 6.30. The zero-order chi connectivity index (χ0) is 16.4. The summed E-state index contributed by atoms with van der Waals surface area (Å²) in [5.74, 6) is -0.468. The third-order valence-corrected chi connectivity index (χ3v) is 5.60. The van der Waals surface area contributed by atoms with Gasteiger partial charge in [-0.25, -0.2) is 8.42 Å². The van der Waals surface area contributed by atoms with Gasteiger partial charge in [0.05, 0.1) is 15.6 Å². The summed E-state index contributed by atoms with van der Waals surface area (Å²) < 4.78 is 22.9. The molecule has 0 radical (unpaired) electrons. The molecule has 0 saturated heterocycles. The van der Waals surface area contributed by atoms with Crippen LogP contribution in [0.15, 0.2) is 17.0 Å². The molecule has 0 bridgehead atoms. The van der Waals surface area contributed by atoms with Gasteiger partial charge in [-0.15, -0.1) is 0 Å². The highest BCUT2D eigenvalue weighted by Crippen LogP contribution is 2.31. The second-order valence-electron chi connectivity index (χ2n) is 4.92. The predicted molar refractivity (Wildman–Crippen MR) is 86.0 cm³/mol. The van der Waals surface area contributed by atoms with Crippen molar-refractivity contribution in [3.63, 3.8) is 0 Å². The van der Waals surface area contributed by atoms with Crippen molar-refractivity contribution in [2.24, 2.45) is 0 Å². The molecule has 1 aromatic rings. The van der Waals surface area contributed by atoms with Crippen molar-refractivity contribution in [2.75, 3.05) is 0 Å². The van der Waals surface area contributed by atoms with E-state index in [1.54, 1.807) is 0 Å². The molecule has 0 aliphatic rings. The summed E-state index contributed by atoms with van der Waals surface area (Å²) >= 11 is 11.8. The van der Waals surface area contributed by atoms with E-state index in [1.807, 2.05) is 20.8 Å². The number of hydrogen-bond donors (Lipinski definition) is 1. The van der Waals surface area contributed by atoms with E-state index < -0.39 is 20.5 Å². The van der Waals surface area contributed by atoms with E-state index in [0.717, 1.165) is 18.9 Å². The molecule has 118 valence electrons. The normalized spacial score (nSPS) is 12.3. The van der Waals surface area contributed by atoms with Crippen molar-refractivity contribution in [1.29, 1.82) is 0 Å². The van der Waals surface area contributed by atoms with E-state index >= 15 is 0 Å². The van der Waals surface area contributed by atoms with E-state index in [0.29, 0.717) is 0 Å². The highest BCUT2D eigenvalue weighted by Gasteiger charge is 2.26. The summed E-state index contributed by atoms with van der Waals surface area (Å²) in [5.41, 5.74) is -0.381. The average Bonchev–Trinajstić information content (AvgIpc) is 2.36. The number of carbonyl (C=O) groups is 1. The molecule has 0 aromatic heterocycles. The van der Waals surface area contributed by atoms with Crippen LogP contribution in [0.5, 0.6) is 0 Å². The number of hydrogen-bond acceptors (Lipinski definition) is 3. The lowest BCUT2D eigenvalue weighted by Crippen LogP contribution is -2.45. The Hall–Kier alpha value is -0.490. The zero-order valence-corrected chi connectivity index (χ0v) is 14.9. The highest BCUT2D eigenvalue weighted by molar-refractivity contribution is 8.13. The fourth-order valence-electron chi connectivity index (χ4n) is 1.66. The molecule has 1 N–H and O–H groups in total. The van der Waals surface area contributed by atoms with Crippen LogP contribution >= 0.6 is 33.9 Å². The second kappa shape index (κ2) is 6.73. The molecule has 1 aromatic carbocycles. The van der Waals surface area contributed by atoms with Crippen molar-refractivity contribution < 1.29 is 13.2 Å². The lowest BCUT2D eigenvalue weighted by atomic mass is 9.95. The molecule has 21 heavy (non-hydrogen) atoms. The SMILES string of the molecule is CCC(C)(CC)NC(=O)c1cc(S(=O)(=O)Cl)c(Cl)cc1Cl. The first-order chi connectivity index (χ1) is 9.54. The first-order valence-corrected chi connectivity index (χ1v) is 9.37. The minimum absolute atomic E-state index is 0.0217. The summed E-state index contributed by atoms with van der Waals surface area (Å²) in [6.07, 6.45) is 1.45. The predicted octanol–water partition coefficient (Wildman–Crippen LogP) is 4.23. The van der Waals surface area contributed by atoms with Gasteiger partial charge in [0.25, 0.3) is 15.0 Å². The summed E-state index contributed by atoms with van der Waals surface area (Å²) in [5, 5.41) is 2.78. The minimum Gasteiger partial charge on any atom is -0.347 e. The minimum atomic E-state index is -4.06. The fraction of sp³-hybridized carbons (Fsp3) is 0.462. The Morgan fingerprint density at radius 1 is 1.19 bits per heavy atom. The molecule has 0 aliphatic carbocycles. The first kappa shape index (κ1) is 18.6. The van der Waals surface area contributed by atoms with Crippen molar-refractivity contribution in [2.45, 2.75) is 44.0 Å². The molecule has 0 heterocycles. The van der Waals surface area contributed by atoms with Crippen LogP contribution < -0.4 is 5.32 Å². The molecule has 0 fully saturated rings. The number of nitrogens with one attached hydrogen (secondary N) is 1. The standard InChI is InChI=1S/C13H16Cl3NO3S/c1-4-13(3,5-2)17-12(18)8-6-11(21(16,19)20)10(15)7-9(8)14/h6-7H,4-5H2,1-3H3,(H,17,18). The van der Waals surface area contributed by atoms with Gasteiger partial charge < -0.3 is 5.32 Å². The van der Waals surface area contributed by atoms with Crippen LogP contribution in [0, 0.1) is 0 Å². The summed E-state index contributed by atoms with van der Waals surface area (Å²) in [6.45, 7) is 5.79. The van der Waals surface area contributed by atoms with Crippen LogP contribution in [0.2, 0.25) is 10.0 Å². The molecular weight excluding hydrogens is 357 g/mol. The zero-order valence-electron chi connectivity index (χ0n) is 11.8. The average molecular weight is 373 g/mol. The molecule has 0 aliphatic heterocycles. The maximum Gasteiger partial charge on any atom is 0.262 e. The van der Waals surface area contributed by atoms with Crippen molar-refractivity contribution in [3.8, 4) is 0 Å². The summed E-state index contributed by atoms with van der Waals surface area (Å²) in [7, 11) is 1.23. The molecular formula is C13H16Cl3NO3S. The van der Waals surface area contributed by atoms with Gasteiger partial charge in [-0.1, -0.05) is 37.0 Å². The van der Waals surface area contributed by atoms with E-state index in [1.165, 1.54) is 6.07 Å². The second-order valence-corrected chi connectivity index (χ2v) is 8.27. The number of halogens is 3. The van der Waals surface area contributed by atoms with Crippen LogP contribution in [-0.2, 0) is 9.05 Å². The van der Waals surface area contributed by atoms with E-state index in [4.69, 9.17) is 33.9 Å². The van der Waals surface area contributed by atoms with Gasteiger partial charge in [0, 0.05) is 16.2 Å². The highest BCUT2D eigenvalue weighted by atomic mass is 35.7. The van der Waals surface area contributed by atoms with Gasteiger partial charge in [0.15, 0.2) is 0 Å². The molecule has 8 heteroatoms. The Labute approximate surface area is 139 Å². The largest absolute Gasteiger partial charge is 0.347 e.